The summed E-state index contributed by atoms with van der Waals surface area (Å²) in [6, 6.07) is 1.93. The number of aromatic nitrogens is 2. The van der Waals surface area contributed by atoms with Crippen molar-refractivity contribution in [3.05, 3.63) is 18.0 Å². The Bertz CT molecular complexity index is 326. The highest BCUT2D eigenvalue weighted by molar-refractivity contribution is 5.05. The van der Waals surface area contributed by atoms with Gasteiger partial charge in [0.05, 0.1) is 11.8 Å². The molecule has 0 saturated heterocycles. The highest BCUT2D eigenvalue weighted by atomic mass is 16.3. The maximum absolute atomic E-state index is 10.3. The fourth-order valence-corrected chi connectivity index (χ4v) is 2.83. The van der Waals surface area contributed by atoms with Gasteiger partial charge in [-0.1, -0.05) is 26.2 Å². The number of aliphatic hydroxyl groups excluding tert-OH is 1. The van der Waals surface area contributed by atoms with Crippen molar-refractivity contribution in [2.45, 2.75) is 45.1 Å². The molecule has 0 amide bonds. The molecule has 1 fully saturated rings. The van der Waals surface area contributed by atoms with Gasteiger partial charge in [0.1, 0.15) is 0 Å². The van der Waals surface area contributed by atoms with Gasteiger partial charge in [-0.05, 0) is 30.7 Å². The molecule has 1 atom stereocenters. The van der Waals surface area contributed by atoms with Crippen molar-refractivity contribution in [2.24, 2.45) is 18.9 Å². The van der Waals surface area contributed by atoms with Crippen LogP contribution in [0.1, 0.15) is 50.8 Å². The largest absolute Gasteiger partial charge is 0.387 e. The van der Waals surface area contributed by atoms with Crippen molar-refractivity contribution in [2.75, 3.05) is 0 Å². The van der Waals surface area contributed by atoms with Gasteiger partial charge in [-0.15, -0.1) is 0 Å². The molecule has 3 nitrogen and oxygen atoms in total. The number of hydrogen-bond donors (Lipinski definition) is 1. The molecular weight excluding hydrogens is 200 g/mol. The third-order valence-corrected chi connectivity index (χ3v) is 4.08. The Morgan fingerprint density at radius 2 is 2.12 bits per heavy atom. The molecule has 16 heavy (non-hydrogen) atoms. The van der Waals surface area contributed by atoms with Crippen molar-refractivity contribution in [1.29, 1.82) is 0 Å². The zero-order chi connectivity index (χ0) is 11.5. The van der Waals surface area contributed by atoms with Crippen LogP contribution in [-0.4, -0.2) is 14.9 Å². The van der Waals surface area contributed by atoms with Crippen LogP contribution in [0.5, 0.6) is 0 Å². The topological polar surface area (TPSA) is 38.1 Å². The first-order valence-electron chi connectivity index (χ1n) is 6.38. The summed E-state index contributed by atoms with van der Waals surface area (Å²) in [5.74, 6) is 1.31. The Labute approximate surface area is 97.5 Å². The number of aliphatic hydroxyl groups is 1. The molecule has 0 bridgehead atoms. The maximum Gasteiger partial charge on any atom is 0.0984 e. The summed E-state index contributed by atoms with van der Waals surface area (Å²) >= 11 is 0. The number of hydrogen-bond acceptors (Lipinski definition) is 2. The van der Waals surface area contributed by atoms with Crippen LogP contribution < -0.4 is 0 Å². The van der Waals surface area contributed by atoms with Crippen LogP contribution in [0.3, 0.4) is 0 Å². The average Bonchev–Trinajstić information content (AvgIpc) is 2.75. The lowest BCUT2D eigenvalue weighted by molar-refractivity contribution is 0.0665. The second kappa shape index (κ2) is 5.00. The molecule has 2 rings (SSSR count). The first-order chi connectivity index (χ1) is 7.72. The van der Waals surface area contributed by atoms with Crippen LogP contribution in [0.2, 0.25) is 0 Å². The number of aryl methyl sites for hydroxylation is 1. The van der Waals surface area contributed by atoms with E-state index in [1.54, 1.807) is 10.9 Å². The molecule has 1 aliphatic carbocycles. The van der Waals surface area contributed by atoms with E-state index in [2.05, 4.69) is 12.0 Å². The fraction of sp³-hybridized carbons (Fsp3) is 0.769. The molecule has 1 N–H and O–H groups in total. The minimum atomic E-state index is -0.328. The van der Waals surface area contributed by atoms with E-state index >= 15 is 0 Å². The van der Waals surface area contributed by atoms with E-state index in [1.165, 1.54) is 19.3 Å². The summed E-state index contributed by atoms with van der Waals surface area (Å²) in [6.45, 7) is 2.27. The molecule has 1 aliphatic rings. The average molecular weight is 222 g/mol. The molecule has 0 aliphatic heterocycles. The second-order valence-electron chi connectivity index (χ2n) is 5.01. The van der Waals surface area contributed by atoms with Crippen LogP contribution in [-0.2, 0) is 7.05 Å². The van der Waals surface area contributed by atoms with Gasteiger partial charge in [0, 0.05) is 13.2 Å². The Balaban J connectivity index is 1.97. The van der Waals surface area contributed by atoms with E-state index < -0.39 is 0 Å². The van der Waals surface area contributed by atoms with Gasteiger partial charge in [-0.25, -0.2) is 0 Å². The van der Waals surface area contributed by atoms with E-state index in [0.29, 0.717) is 5.92 Å². The molecule has 0 spiro atoms. The molecule has 1 unspecified atom stereocenters. The fourth-order valence-electron chi connectivity index (χ4n) is 2.83. The maximum atomic E-state index is 10.3. The van der Waals surface area contributed by atoms with E-state index in [1.807, 2.05) is 13.1 Å². The van der Waals surface area contributed by atoms with Crippen molar-refractivity contribution in [3.63, 3.8) is 0 Å². The van der Waals surface area contributed by atoms with Gasteiger partial charge < -0.3 is 5.11 Å². The number of rotatable bonds is 3. The monoisotopic (exact) mass is 222 g/mol. The van der Waals surface area contributed by atoms with E-state index in [4.69, 9.17) is 0 Å². The van der Waals surface area contributed by atoms with Crippen LogP contribution in [0, 0.1) is 11.8 Å². The highest BCUT2D eigenvalue weighted by Crippen LogP contribution is 2.37. The zero-order valence-electron chi connectivity index (χ0n) is 10.3. The molecule has 0 aromatic carbocycles. The first-order valence-corrected chi connectivity index (χ1v) is 6.38. The highest BCUT2D eigenvalue weighted by Gasteiger charge is 2.27. The quantitative estimate of drug-likeness (QED) is 0.853. The second-order valence-corrected chi connectivity index (χ2v) is 5.01. The summed E-state index contributed by atoms with van der Waals surface area (Å²) in [7, 11) is 1.90. The molecule has 3 heteroatoms. The van der Waals surface area contributed by atoms with E-state index in [-0.39, 0.29) is 6.10 Å². The van der Waals surface area contributed by atoms with Gasteiger partial charge in [0.2, 0.25) is 0 Å². The Morgan fingerprint density at radius 1 is 1.44 bits per heavy atom. The molecule has 1 heterocycles. The first kappa shape index (κ1) is 11.6. The summed E-state index contributed by atoms with van der Waals surface area (Å²) in [6.07, 6.45) is 7.58. The van der Waals surface area contributed by atoms with E-state index in [0.717, 1.165) is 24.5 Å². The summed E-state index contributed by atoms with van der Waals surface area (Å²) in [5, 5.41) is 14.4. The van der Waals surface area contributed by atoms with Gasteiger partial charge >= 0.3 is 0 Å². The standard InChI is InChI=1S/C13H22N2O/c1-3-10-4-6-11(7-5-10)13(16)12-8-9-14-15(12)2/h8-11,13,16H,3-7H2,1-2H3. The lowest BCUT2D eigenvalue weighted by atomic mass is 9.78. The number of nitrogens with zero attached hydrogens (tertiary/aromatic N) is 2. The van der Waals surface area contributed by atoms with Crippen LogP contribution in [0.15, 0.2) is 12.3 Å². The van der Waals surface area contributed by atoms with E-state index in [9.17, 15) is 5.11 Å². The molecular formula is C13H22N2O. The van der Waals surface area contributed by atoms with Crippen molar-refractivity contribution < 1.29 is 5.11 Å². The lowest BCUT2D eigenvalue weighted by Gasteiger charge is -2.31. The smallest absolute Gasteiger partial charge is 0.0984 e. The SMILES string of the molecule is CCC1CCC(C(O)c2ccnn2C)CC1. The predicted molar refractivity (Wildman–Crippen MR) is 63.9 cm³/mol. The normalized spacial score (nSPS) is 27.9. The third-order valence-electron chi connectivity index (χ3n) is 4.08. The predicted octanol–water partition coefficient (Wildman–Crippen LogP) is 2.67. The van der Waals surface area contributed by atoms with Gasteiger partial charge in [-0.2, -0.15) is 5.10 Å². The summed E-state index contributed by atoms with van der Waals surface area (Å²) < 4.78 is 1.79. The summed E-state index contributed by atoms with van der Waals surface area (Å²) in [4.78, 5) is 0. The third kappa shape index (κ3) is 2.29. The van der Waals surface area contributed by atoms with Crippen molar-refractivity contribution in [3.8, 4) is 0 Å². The Hall–Kier alpha value is -0.830. The van der Waals surface area contributed by atoms with Crippen molar-refractivity contribution in [1.82, 2.24) is 9.78 Å². The molecule has 1 aromatic rings. The van der Waals surface area contributed by atoms with Crippen molar-refractivity contribution >= 4 is 0 Å². The van der Waals surface area contributed by atoms with Gasteiger partial charge in [-0.3, -0.25) is 4.68 Å². The molecule has 90 valence electrons. The van der Waals surface area contributed by atoms with Gasteiger partial charge in [0.15, 0.2) is 0 Å². The lowest BCUT2D eigenvalue weighted by Crippen LogP contribution is -2.21. The summed E-state index contributed by atoms with van der Waals surface area (Å²) in [5.41, 5.74) is 0.958. The molecule has 1 saturated carbocycles. The van der Waals surface area contributed by atoms with Crippen LogP contribution in [0.25, 0.3) is 0 Å². The van der Waals surface area contributed by atoms with Crippen LogP contribution in [0.4, 0.5) is 0 Å². The minimum Gasteiger partial charge on any atom is -0.387 e. The Morgan fingerprint density at radius 3 is 2.62 bits per heavy atom. The molecule has 1 aromatic heterocycles. The zero-order valence-corrected chi connectivity index (χ0v) is 10.3. The Kier molecular flexibility index (Phi) is 3.64. The van der Waals surface area contributed by atoms with Crippen LogP contribution >= 0.6 is 0 Å². The molecule has 0 radical (unpaired) electrons. The minimum absolute atomic E-state index is 0.328. The van der Waals surface area contributed by atoms with Gasteiger partial charge in [0.25, 0.3) is 0 Å².